The molecule has 0 atom stereocenters. The Morgan fingerprint density at radius 2 is 0.765 bits per heavy atom. The summed E-state index contributed by atoms with van der Waals surface area (Å²) in [4.78, 5) is 2.40. The maximum atomic E-state index is 2.45. The van der Waals surface area contributed by atoms with Gasteiger partial charge in [-0.2, -0.15) is 0 Å². The molecule has 0 aliphatic rings. The first-order valence-corrected chi connectivity index (χ1v) is 23.4. The lowest BCUT2D eigenvalue weighted by Gasteiger charge is -2.26. The van der Waals surface area contributed by atoms with Gasteiger partial charge in [0, 0.05) is 38.9 Å². The molecule has 0 radical (unpaired) electrons. The molecular formula is C66H44N2. The van der Waals surface area contributed by atoms with E-state index in [0.717, 1.165) is 28.3 Å². The zero-order valence-electron chi connectivity index (χ0n) is 37.3. The second-order valence-electron chi connectivity index (χ2n) is 17.7. The quantitative estimate of drug-likeness (QED) is 0.138. The van der Waals surface area contributed by atoms with Gasteiger partial charge in [-0.05, 0) is 144 Å². The van der Waals surface area contributed by atoms with Gasteiger partial charge < -0.3 is 9.47 Å². The summed E-state index contributed by atoms with van der Waals surface area (Å²) in [6.45, 7) is 0. The molecule has 0 N–H and O–H groups in total. The van der Waals surface area contributed by atoms with E-state index in [4.69, 9.17) is 0 Å². The fraction of sp³-hybridized carbons (Fsp3) is 0. The van der Waals surface area contributed by atoms with Crippen molar-refractivity contribution in [2.45, 2.75) is 0 Å². The van der Waals surface area contributed by atoms with Gasteiger partial charge in [0.05, 0.1) is 11.0 Å². The van der Waals surface area contributed by atoms with Crippen LogP contribution >= 0.6 is 0 Å². The minimum atomic E-state index is 1.08. The number of anilines is 3. The van der Waals surface area contributed by atoms with Gasteiger partial charge in [-0.1, -0.05) is 194 Å². The van der Waals surface area contributed by atoms with Crippen LogP contribution in [0.15, 0.2) is 267 Å². The Labute approximate surface area is 395 Å². The first-order chi connectivity index (χ1) is 33.7. The molecule has 318 valence electrons. The number of benzene rings is 12. The summed E-state index contributed by atoms with van der Waals surface area (Å²) in [6, 6.07) is 97.5. The molecule has 12 aromatic carbocycles. The zero-order valence-corrected chi connectivity index (χ0v) is 37.3. The summed E-state index contributed by atoms with van der Waals surface area (Å²) in [7, 11) is 0. The monoisotopic (exact) mass is 864 g/mol. The molecule has 2 heteroatoms. The van der Waals surface area contributed by atoms with Gasteiger partial charge in [-0.15, -0.1) is 0 Å². The van der Waals surface area contributed by atoms with Crippen molar-refractivity contribution in [3.05, 3.63) is 267 Å². The fourth-order valence-corrected chi connectivity index (χ4v) is 10.5. The summed E-state index contributed by atoms with van der Waals surface area (Å²) < 4.78 is 2.45. The summed E-state index contributed by atoms with van der Waals surface area (Å²) in [5.74, 6) is 0. The van der Waals surface area contributed by atoms with Crippen LogP contribution in [-0.2, 0) is 0 Å². The first kappa shape index (κ1) is 39.4. The lowest BCUT2D eigenvalue weighted by molar-refractivity contribution is 1.19. The molecule has 1 aromatic heterocycles. The standard InChI is InChI=1S/C66H44N2/c1-3-15-45(16-4-1)49-19-13-20-50(41-49)46-31-36-56(37-32-46)67(57-38-33-47(34-39-57)51-35-40-60-54(42-51)30-29-48-17-7-9-25-59(48)60)58-24-14-21-52(43-58)63-44-53-18-8-10-26-61(53)66-65(63)62-27-11-12-28-64(62)68(66)55-22-5-2-6-23-55/h1-44H. The van der Waals surface area contributed by atoms with E-state index in [1.165, 1.54) is 93.1 Å². The van der Waals surface area contributed by atoms with Gasteiger partial charge in [0.15, 0.2) is 0 Å². The van der Waals surface area contributed by atoms with Crippen molar-refractivity contribution in [2.24, 2.45) is 0 Å². The van der Waals surface area contributed by atoms with E-state index in [0.29, 0.717) is 0 Å². The van der Waals surface area contributed by atoms with Crippen molar-refractivity contribution in [3.63, 3.8) is 0 Å². The smallest absolute Gasteiger partial charge is 0.0625 e. The van der Waals surface area contributed by atoms with Crippen LogP contribution in [0.2, 0.25) is 0 Å². The summed E-state index contributed by atoms with van der Waals surface area (Å²) >= 11 is 0. The topological polar surface area (TPSA) is 8.17 Å². The predicted octanol–water partition coefficient (Wildman–Crippen LogP) is 18.4. The molecule has 0 saturated carbocycles. The van der Waals surface area contributed by atoms with E-state index in [1.54, 1.807) is 0 Å². The molecule has 0 fully saturated rings. The predicted molar refractivity (Wildman–Crippen MR) is 290 cm³/mol. The molecule has 0 aliphatic carbocycles. The van der Waals surface area contributed by atoms with Crippen LogP contribution < -0.4 is 4.90 Å². The van der Waals surface area contributed by atoms with Crippen molar-refractivity contribution >= 4 is 71.2 Å². The van der Waals surface area contributed by atoms with Gasteiger partial charge in [0.1, 0.15) is 0 Å². The van der Waals surface area contributed by atoms with Gasteiger partial charge in [0.25, 0.3) is 0 Å². The molecule has 0 bridgehead atoms. The van der Waals surface area contributed by atoms with Crippen molar-refractivity contribution in [2.75, 3.05) is 4.90 Å². The summed E-state index contributed by atoms with van der Waals surface area (Å²) in [5.41, 5.74) is 16.3. The molecule has 13 rings (SSSR count). The van der Waals surface area contributed by atoms with Crippen LogP contribution in [0.5, 0.6) is 0 Å². The molecule has 1 heterocycles. The second kappa shape index (κ2) is 16.5. The number of hydrogen-bond donors (Lipinski definition) is 0. The number of aromatic nitrogens is 1. The highest BCUT2D eigenvalue weighted by Gasteiger charge is 2.21. The molecule has 0 aliphatic heterocycles. The van der Waals surface area contributed by atoms with Crippen LogP contribution in [0.25, 0.3) is 104 Å². The number of rotatable bonds is 8. The van der Waals surface area contributed by atoms with Crippen LogP contribution in [0.4, 0.5) is 17.1 Å². The lowest BCUT2D eigenvalue weighted by Crippen LogP contribution is -2.10. The van der Waals surface area contributed by atoms with Crippen molar-refractivity contribution in [3.8, 4) is 50.2 Å². The van der Waals surface area contributed by atoms with Crippen molar-refractivity contribution < 1.29 is 0 Å². The summed E-state index contributed by atoms with van der Waals surface area (Å²) in [6.07, 6.45) is 0. The van der Waals surface area contributed by atoms with E-state index < -0.39 is 0 Å². The molecule has 13 aromatic rings. The Morgan fingerprint density at radius 1 is 0.265 bits per heavy atom. The Hall–Kier alpha value is -8.98. The largest absolute Gasteiger partial charge is 0.310 e. The maximum absolute atomic E-state index is 2.45. The Bertz CT molecular complexity index is 4000. The first-order valence-electron chi connectivity index (χ1n) is 23.4. The highest BCUT2D eigenvalue weighted by Crippen LogP contribution is 2.45. The van der Waals surface area contributed by atoms with E-state index in [-0.39, 0.29) is 0 Å². The SMILES string of the molecule is c1ccc(-c2cccc(-c3ccc(N(c4ccc(-c5ccc6c(ccc7ccccc76)c5)cc4)c4cccc(-c5cc6ccccc6c6c5c5ccccc5n6-c5ccccc5)c4)cc3)c2)cc1. The third-order valence-corrected chi connectivity index (χ3v) is 13.7. The third kappa shape index (κ3) is 6.82. The Kier molecular flexibility index (Phi) is 9.54. The van der Waals surface area contributed by atoms with E-state index in [2.05, 4.69) is 276 Å². The normalized spacial score (nSPS) is 11.5. The molecular weight excluding hydrogens is 821 g/mol. The number of hydrogen-bond acceptors (Lipinski definition) is 1. The Balaban J connectivity index is 0.955. The average Bonchev–Trinajstić information content (AvgIpc) is 3.77. The third-order valence-electron chi connectivity index (χ3n) is 13.7. The lowest BCUT2D eigenvalue weighted by atomic mass is 9.94. The zero-order chi connectivity index (χ0) is 45.0. The Morgan fingerprint density at radius 3 is 1.50 bits per heavy atom. The van der Waals surface area contributed by atoms with E-state index in [1.807, 2.05) is 0 Å². The molecule has 0 spiro atoms. The minimum Gasteiger partial charge on any atom is -0.310 e. The summed E-state index contributed by atoms with van der Waals surface area (Å²) in [5, 5.41) is 10.00. The number of para-hydroxylation sites is 2. The van der Waals surface area contributed by atoms with Crippen molar-refractivity contribution in [1.29, 1.82) is 0 Å². The minimum absolute atomic E-state index is 1.08. The molecule has 0 amide bonds. The van der Waals surface area contributed by atoms with Crippen LogP contribution in [0, 0.1) is 0 Å². The maximum Gasteiger partial charge on any atom is 0.0625 e. The highest BCUT2D eigenvalue weighted by molar-refractivity contribution is 6.24. The number of nitrogens with zero attached hydrogens (tertiary/aromatic N) is 2. The molecule has 68 heavy (non-hydrogen) atoms. The van der Waals surface area contributed by atoms with E-state index in [9.17, 15) is 0 Å². The average molecular weight is 865 g/mol. The van der Waals surface area contributed by atoms with Crippen LogP contribution in [0.3, 0.4) is 0 Å². The van der Waals surface area contributed by atoms with Gasteiger partial charge in [-0.3, -0.25) is 0 Å². The molecule has 2 nitrogen and oxygen atoms in total. The highest BCUT2D eigenvalue weighted by atomic mass is 15.1. The molecule has 0 saturated heterocycles. The van der Waals surface area contributed by atoms with Crippen LogP contribution in [-0.4, -0.2) is 4.57 Å². The number of fused-ring (bicyclic) bond motifs is 8. The van der Waals surface area contributed by atoms with Gasteiger partial charge in [-0.25, -0.2) is 0 Å². The van der Waals surface area contributed by atoms with Gasteiger partial charge >= 0.3 is 0 Å². The van der Waals surface area contributed by atoms with Gasteiger partial charge in [0.2, 0.25) is 0 Å². The fourth-order valence-electron chi connectivity index (χ4n) is 10.5. The molecule has 0 unspecified atom stereocenters. The van der Waals surface area contributed by atoms with E-state index >= 15 is 0 Å². The van der Waals surface area contributed by atoms with Crippen LogP contribution in [0.1, 0.15) is 0 Å². The second-order valence-corrected chi connectivity index (χ2v) is 17.7. The van der Waals surface area contributed by atoms with Crippen molar-refractivity contribution in [1.82, 2.24) is 4.57 Å².